The van der Waals surface area contributed by atoms with Gasteiger partial charge in [0.2, 0.25) is 0 Å². The Bertz CT molecular complexity index is 880. The quantitative estimate of drug-likeness (QED) is 0.422. The smallest absolute Gasteiger partial charge is 0.424 e. The summed E-state index contributed by atoms with van der Waals surface area (Å²) in [7, 11) is -4.27. The van der Waals surface area contributed by atoms with Crippen molar-refractivity contribution in [2.45, 2.75) is 24.7 Å². The first-order valence-electron chi connectivity index (χ1n) is 8.49. The van der Waals surface area contributed by atoms with E-state index in [0.29, 0.717) is 22.0 Å². The zero-order chi connectivity index (χ0) is 19.9. The van der Waals surface area contributed by atoms with Crippen LogP contribution in [-0.4, -0.2) is 37.8 Å². The third-order valence-corrected chi connectivity index (χ3v) is 5.50. The molecule has 2 aromatic carbocycles. The van der Waals surface area contributed by atoms with Crippen LogP contribution in [0.25, 0.3) is 0 Å². The van der Waals surface area contributed by atoms with Gasteiger partial charge in [0.15, 0.2) is 5.78 Å². The highest BCUT2D eigenvalue weighted by atomic mass is 32.2. The normalized spacial score (nSPS) is 11.0. The lowest BCUT2D eigenvalue weighted by Gasteiger charge is -2.21. The van der Waals surface area contributed by atoms with E-state index in [2.05, 4.69) is 0 Å². The lowest BCUT2D eigenvalue weighted by atomic mass is 10.1. The van der Waals surface area contributed by atoms with E-state index in [-0.39, 0.29) is 11.5 Å². The van der Waals surface area contributed by atoms with Gasteiger partial charge in [0, 0.05) is 11.3 Å². The number of ketones is 1. The fraction of sp³-hybridized carbons (Fsp3) is 0.263. The van der Waals surface area contributed by atoms with Gasteiger partial charge in [-0.1, -0.05) is 43.7 Å². The number of unbranched alkanes of at least 4 members (excludes halogenated alkanes) is 1. The molecule has 2 aromatic rings. The minimum atomic E-state index is -4.27. The second kappa shape index (κ2) is 9.18. The number of rotatable bonds is 8. The molecule has 0 unspecified atom stereocenters. The summed E-state index contributed by atoms with van der Waals surface area (Å²) in [5.41, 5.74) is 6.27. The highest BCUT2D eigenvalue weighted by molar-refractivity contribution is 7.89. The molecule has 0 atom stereocenters. The lowest BCUT2D eigenvalue weighted by Crippen LogP contribution is -2.41. The molecule has 1 amide bonds. The van der Waals surface area contributed by atoms with Crippen molar-refractivity contribution in [3.8, 4) is 0 Å². The van der Waals surface area contributed by atoms with Crippen molar-refractivity contribution in [1.29, 1.82) is 0 Å². The molecular weight excluding hydrogens is 368 g/mol. The standard InChI is InChI=1S/C19H22N2O5S/c1-2-3-13-26-19(23)21(14-18(22)15-7-5-4-6-8-15)27(24,25)17-11-9-16(20)10-12-17/h4-12H,2-3,13-14,20H2,1H3. The van der Waals surface area contributed by atoms with E-state index >= 15 is 0 Å². The number of Topliss-reactive ketones (excluding diaryl/α,β-unsaturated/α-hetero) is 1. The minimum absolute atomic E-state index is 0.0720. The maximum Gasteiger partial charge on any atom is 0.424 e. The fourth-order valence-electron chi connectivity index (χ4n) is 2.24. The van der Waals surface area contributed by atoms with Crippen molar-refractivity contribution in [3.05, 3.63) is 60.2 Å². The number of amides is 1. The molecule has 0 spiro atoms. The molecule has 0 aliphatic carbocycles. The molecule has 0 aliphatic rings. The van der Waals surface area contributed by atoms with Gasteiger partial charge in [-0.3, -0.25) is 4.79 Å². The minimum Gasteiger partial charge on any atom is -0.449 e. The van der Waals surface area contributed by atoms with Crippen LogP contribution in [0, 0.1) is 0 Å². The third kappa shape index (κ3) is 5.30. The maximum absolute atomic E-state index is 12.9. The van der Waals surface area contributed by atoms with E-state index in [1.165, 1.54) is 24.3 Å². The second-order valence-corrected chi connectivity index (χ2v) is 7.70. The molecule has 0 radical (unpaired) electrons. The fourth-order valence-corrected chi connectivity index (χ4v) is 3.51. The molecule has 0 bridgehead atoms. The number of nitrogens with two attached hydrogens (primary N) is 1. The Morgan fingerprint density at radius 1 is 1.04 bits per heavy atom. The average molecular weight is 390 g/mol. The molecule has 0 saturated carbocycles. The zero-order valence-corrected chi connectivity index (χ0v) is 15.8. The molecule has 144 valence electrons. The monoisotopic (exact) mass is 390 g/mol. The number of carbonyl (C=O) groups excluding carboxylic acids is 2. The van der Waals surface area contributed by atoms with Crippen molar-refractivity contribution >= 4 is 27.6 Å². The van der Waals surface area contributed by atoms with Crippen LogP contribution in [0.5, 0.6) is 0 Å². The van der Waals surface area contributed by atoms with Crippen molar-refractivity contribution in [1.82, 2.24) is 4.31 Å². The summed E-state index contributed by atoms with van der Waals surface area (Å²) in [6, 6.07) is 13.5. The summed E-state index contributed by atoms with van der Waals surface area (Å²) in [6.45, 7) is 1.33. The van der Waals surface area contributed by atoms with E-state index in [1.807, 2.05) is 6.92 Å². The van der Waals surface area contributed by atoms with E-state index < -0.39 is 28.4 Å². The number of nitrogens with zero attached hydrogens (tertiary/aromatic N) is 1. The molecule has 27 heavy (non-hydrogen) atoms. The predicted molar refractivity (Wildman–Crippen MR) is 102 cm³/mol. The third-order valence-electron chi connectivity index (χ3n) is 3.78. The van der Waals surface area contributed by atoms with Crippen LogP contribution in [0.4, 0.5) is 10.5 Å². The van der Waals surface area contributed by atoms with Gasteiger partial charge in [-0.05, 0) is 30.7 Å². The van der Waals surface area contributed by atoms with Crippen LogP contribution in [0.2, 0.25) is 0 Å². The zero-order valence-electron chi connectivity index (χ0n) is 15.0. The maximum atomic E-state index is 12.9. The highest BCUT2D eigenvalue weighted by Crippen LogP contribution is 2.19. The Morgan fingerprint density at radius 3 is 2.26 bits per heavy atom. The average Bonchev–Trinajstić information content (AvgIpc) is 2.67. The predicted octanol–water partition coefficient (Wildman–Crippen LogP) is 3.08. The van der Waals surface area contributed by atoms with Crippen LogP contribution < -0.4 is 5.73 Å². The summed E-state index contributed by atoms with van der Waals surface area (Å²) in [5, 5.41) is 0. The molecule has 0 fully saturated rings. The van der Waals surface area contributed by atoms with Crippen LogP contribution >= 0.6 is 0 Å². The van der Waals surface area contributed by atoms with Crippen LogP contribution in [0.15, 0.2) is 59.5 Å². The number of benzene rings is 2. The van der Waals surface area contributed by atoms with Gasteiger partial charge >= 0.3 is 6.09 Å². The summed E-state index contributed by atoms with van der Waals surface area (Å²) in [6.07, 6.45) is 0.291. The Balaban J connectivity index is 2.32. The molecule has 0 aromatic heterocycles. The second-order valence-electron chi connectivity index (χ2n) is 5.84. The van der Waals surface area contributed by atoms with Gasteiger partial charge < -0.3 is 10.5 Å². The number of ether oxygens (including phenoxy) is 1. The lowest BCUT2D eigenvalue weighted by molar-refractivity contribution is 0.0921. The molecule has 8 heteroatoms. The van der Waals surface area contributed by atoms with E-state index in [4.69, 9.17) is 10.5 Å². The van der Waals surface area contributed by atoms with Crippen molar-refractivity contribution in [3.63, 3.8) is 0 Å². The van der Waals surface area contributed by atoms with Gasteiger partial charge in [-0.2, -0.15) is 4.31 Å². The molecule has 7 nitrogen and oxygen atoms in total. The SMILES string of the molecule is CCCCOC(=O)N(CC(=O)c1ccccc1)S(=O)(=O)c1ccc(N)cc1. The summed E-state index contributed by atoms with van der Waals surface area (Å²) in [5.74, 6) is -0.512. The molecule has 0 aliphatic heterocycles. The molecule has 2 rings (SSSR count). The summed E-state index contributed by atoms with van der Waals surface area (Å²) < 4.78 is 31.3. The molecule has 0 saturated heterocycles. The van der Waals surface area contributed by atoms with Gasteiger partial charge in [0.1, 0.15) is 6.54 Å². The molecule has 0 heterocycles. The van der Waals surface area contributed by atoms with Gasteiger partial charge in [0.05, 0.1) is 11.5 Å². The first-order valence-corrected chi connectivity index (χ1v) is 9.93. The Kier molecular flexibility index (Phi) is 6.95. The Labute approximate surface area is 158 Å². The van der Waals surface area contributed by atoms with Crippen LogP contribution in [-0.2, 0) is 14.8 Å². The summed E-state index contributed by atoms with van der Waals surface area (Å²) >= 11 is 0. The van der Waals surface area contributed by atoms with Crippen molar-refractivity contribution in [2.24, 2.45) is 0 Å². The highest BCUT2D eigenvalue weighted by Gasteiger charge is 2.32. The van der Waals surface area contributed by atoms with E-state index in [9.17, 15) is 18.0 Å². The number of sulfonamides is 1. The number of carbonyl (C=O) groups is 2. The van der Waals surface area contributed by atoms with Crippen molar-refractivity contribution in [2.75, 3.05) is 18.9 Å². The van der Waals surface area contributed by atoms with Gasteiger partial charge in [0.25, 0.3) is 10.0 Å². The van der Waals surface area contributed by atoms with Crippen LogP contribution in [0.3, 0.4) is 0 Å². The van der Waals surface area contributed by atoms with Gasteiger partial charge in [-0.25, -0.2) is 13.2 Å². The molecule has 2 N–H and O–H groups in total. The van der Waals surface area contributed by atoms with E-state index in [0.717, 1.165) is 6.42 Å². The number of nitrogen functional groups attached to an aromatic ring is 1. The first-order chi connectivity index (χ1) is 12.9. The number of anilines is 1. The number of hydrogen-bond donors (Lipinski definition) is 1. The Hall–Kier alpha value is -2.87. The topological polar surface area (TPSA) is 107 Å². The summed E-state index contributed by atoms with van der Waals surface area (Å²) in [4.78, 5) is 24.8. The number of hydrogen-bond acceptors (Lipinski definition) is 6. The van der Waals surface area contributed by atoms with Crippen LogP contribution in [0.1, 0.15) is 30.1 Å². The van der Waals surface area contributed by atoms with E-state index in [1.54, 1.807) is 30.3 Å². The Morgan fingerprint density at radius 2 is 1.67 bits per heavy atom. The van der Waals surface area contributed by atoms with Crippen molar-refractivity contribution < 1.29 is 22.7 Å². The first kappa shape index (κ1) is 20.4. The van der Waals surface area contributed by atoms with Gasteiger partial charge in [-0.15, -0.1) is 0 Å². The molecular formula is C19H22N2O5S. The largest absolute Gasteiger partial charge is 0.449 e.